The molecule has 4 aliphatic rings. The van der Waals surface area contributed by atoms with E-state index in [-0.39, 0.29) is 29.7 Å². The zero-order valence-corrected chi connectivity index (χ0v) is 30.5. The summed E-state index contributed by atoms with van der Waals surface area (Å²) in [5.41, 5.74) is -7.26. The monoisotopic (exact) mass is 760 g/mol. The third-order valence-corrected chi connectivity index (χ3v) is 11.1. The van der Waals surface area contributed by atoms with Crippen molar-refractivity contribution in [1.29, 1.82) is 0 Å². The van der Waals surface area contributed by atoms with Gasteiger partial charge in [-0.3, -0.25) is 14.4 Å². The standard InChI is InChI=1S/C34H39Cl3O13/c1-16-20(40)13-33(44)27(49-28(42)19-10-8-7-9-11-19)25-31(6,26(41)24(47-17(2)38)23(16)30(33,4)5)21(48-29(43)46-15-34(35,36)37)12-22-32(25,14-45-22)50-18(3)39/h7-11,20-22,24-25,27,40,44H,12-15H2,1-6H3/t20?,21?,22?,24?,25?,27?,31-,32?,33?/m1/s1. The van der Waals surface area contributed by atoms with Crippen LogP contribution in [0.4, 0.5) is 4.79 Å². The maximum Gasteiger partial charge on any atom is 0.508 e. The van der Waals surface area contributed by atoms with Crippen LogP contribution < -0.4 is 0 Å². The summed E-state index contributed by atoms with van der Waals surface area (Å²) in [6.45, 7) is 7.27. The number of carbonyl (C=O) groups is 5. The number of ether oxygens (including phenoxy) is 6. The van der Waals surface area contributed by atoms with E-state index in [0.29, 0.717) is 0 Å². The Morgan fingerprint density at radius 3 is 2.18 bits per heavy atom. The largest absolute Gasteiger partial charge is 0.508 e. The number of Topliss-reactive ketones (excluding diaryl/α,β-unsaturated/α-hetero) is 1. The first-order chi connectivity index (χ1) is 23.1. The summed E-state index contributed by atoms with van der Waals surface area (Å²) in [6, 6.07) is 7.85. The summed E-state index contributed by atoms with van der Waals surface area (Å²) in [4.78, 5) is 68.0. The summed E-state index contributed by atoms with van der Waals surface area (Å²) in [7, 11) is 0. The van der Waals surface area contributed by atoms with Crippen LogP contribution in [0.5, 0.6) is 0 Å². The SMILES string of the molecule is CC(=O)OC1C(=O)[C@]2(C)C(OC(=O)OCC(Cl)(Cl)Cl)CC3OCC3(OC(C)=O)C2C(OC(=O)c2ccccc2)C2(O)CC(O)C(C)=C1C2(C)C. The molecule has 1 saturated heterocycles. The lowest BCUT2D eigenvalue weighted by atomic mass is 9.44. The normalized spacial score (nSPS) is 35.9. The fourth-order valence-electron chi connectivity index (χ4n) is 8.35. The van der Waals surface area contributed by atoms with Crippen molar-refractivity contribution in [1.82, 2.24) is 0 Å². The Labute approximate surface area is 303 Å². The van der Waals surface area contributed by atoms with Gasteiger partial charge < -0.3 is 38.6 Å². The predicted octanol–water partition coefficient (Wildman–Crippen LogP) is 4.18. The lowest BCUT2D eigenvalue weighted by molar-refractivity contribution is -0.346. The Hall–Kier alpha value is -2.94. The first-order valence-corrected chi connectivity index (χ1v) is 17.0. The molecular weight excluding hydrogens is 723 g/mol. The average molecular weight is 762 g/mol. The molecule has 5 rings (SSSR count). The third kappa shape index (κ3) is 6.28. The van der Waals surface area contributed by atoms with Gasteiger partial charge in [0.2, 0.25) is 3.79 Å². The van der Waals surface area contributed by atoms with Gasteiger partial charge in [0.1, 0.15) is 30.5 Å². The molecule has 13 nitrogen and oxygen atoms in total. The fraction of sp³-hybridized carbons (Fsp3) is 0.618. The van der Waals surface area contributed by atoms with Crippen molar-refractivity contribution in [2.24, 2.45) is 16.7 Å². The van der Waals surface area contributed by atoms with E-state index in [1.165, 1.54) is 26.0 Å². The number of alkyl halides is 3. The van der Waals surface area contributed by atoms with Gasteiger partial charge in [0.25, 0.3) is 0 Å². The Kier molecular flexibility index (Phi) is 10.1. The number of fused-ring (bicyclic) bond motifs is 5. The van der Waals surface area contributed by atoms with Gasteiger partial charge in [-0.05, 0) is 37.1 Å². The number of carbonyl (C=O) groups excluding carboxylic acids is 5. The highest BCUT2D eigenvalue weighted by atomic mass is 35.6. The zero-order valence-electron chi connectivity index (χ0n) is 28.2. The number of rotatable bonds is 6. The number of benzene rings is 1. The molecule has 3 aliphatic carbocycles. The Morgan fingerprint density at radius 2 is 1.64 bits per heavy atom. The number of aliphatic hydroxyl groups is 2. The molecule has 274 valence electrons. The maximum atomic E-state index is 15.4. The van der Waals surface area contributed by atoms with E-state index >= 15 is 4.79 Å². The molecule has 50 heavy (non-hydrogen) atoms. The number of ketones is 1. The molecule has 1 heterocycles. The second-order valence-corrected chi connectivity index (χ2v) is 16.5. The molecule has 0 aromatic heterocycles. The summed E-state index contributed by atoms with van der Waals surface area (Å²) in [5.74, 6) is -4.97. The van der Waals surface area contributed by atoms with E-state index in [2.05, 4.69) is 0 Å². The van der Waals surface area contributed by atoms with E-state index in [4.69, 9.17) is 63.2 Å². The first kappa shape index (κ1) is 38.3. The average Bonchev–Trinajstić information content (AvgIpc) is 3.01. The highest BCUT2D eigenvalue weighted by molar-refractivity contribution is 6.67. The van der Waals surface area contributed by atoms with Crippen LogP contribution >= 0.6 is 34.8 Å². The van der Waals surface area contributed by atoms with Gasteiger partial charge >= 0.3 is 24.1 Å². The van der Waals surface area contributed by atoms with Gasteiger partial charge in [0.15, 0.2) is 17.5 Å². The summed E-state index contributed by atoms with van der Waals surface area (Å²) < 4.78 is 32.7. The molecule has 0 spiro atoms. The van der Waals surface area contributed by atoms with Crippen molar-refractivity contribution in [2.75, 3.05) is 13.2 Å². The number of halogens is 3. The minimum atomic E-state index is -2.25. The Balaban J connectivity index is 1.82. The molecule has 9 atom stereocenters. The van der Waals surface area contributed by atoms with Gasteiger partial charge in [-0.15, -0.1) is 0 Å². The summed E-state index contributed by atoms with van der Waals surface area (Å²) in [6.07, 6.45) is -9.52. The molecule has 0 radical (unpaired) electrons. The van der Waals surface area contributed by atoms with E-state index in [9.17, 15) is 29.4 Å². The van der Waals surface area contributed by atoms with Crippen LogP contribution in [0.1, 0.15) is 64.7 Å². The van der Waals surface area contributed by atoms with Crippen molar-refractivity contribution in [3.05, 3.63) is 47.0 Å². The molecule has 1 aromatic carbocycles. The van der Waals surface area contributed by atoms with E-state index in [0.717, 1.165) is 13.8 Å². The molecule has 2 saturated carbocycles. The molecule has 2 bridgehead atoms. The maximum absolute atomic E-state index is 15.4. The molecule has 0 amide bonds. The van der Waals surface area contributed by atoms with Gasteiger partial charge in [-0.2, -0.15) is 0 Å². The highest BCUT2D eigenvalue weighted by Gasteiger charge is 2.79. The zero-order chi connectivity index (χ0) is 37.2. The van der Waals surface area contributed by atoms with Gasteiger partial charge in [0.05, 0.1) is 29.6 Å². The van der Waals surface area contributed by atoms with Crippen molar-refractivity contribution >= 4 is 64.6 Å². The van der Waals surface area contributed by atoms with E-state index in [1.54, 1.807) is 32.0 Å². The van der Waals surface area contributed by atoms with Gasteiger partial charge in [0, 0.05) is 32.1 Å². The smallest absolute Gasteiger partial charge is 0.455 e. The minimum Gasteiger partial charge on any atom is -0.455 e. The van der Waals surface area contributed by atoms with Crippen molar-refractivity contribution in [3.63, 3.8) is 0 Å². The Bertz CT molecular complexity index is 1610. The molecule has 1 aliphatic heterocycles. The number of aliphatic hydroxyl groups excluding tert-OH is 1. The Morgan fingerprint density at radius 1 is 1.00 bits per heavy atom. The fourth-order valence-corrected chi connectivity index (χ4v) is 8.51. The van der Waals surface area contributed by atoms with Gasteiger partial charge in [-0.25, -0.2) is 9.59 Å². The number of esters is 3. The third-order valence-electron chi connectivity index (χ3n) is 10.8. The molecule has 3 fully saturated rings. The number of hydrogen-bond donors (Lipinski definition) is 2. The van der Waals surface area contributed by atoms with Crippen molar-refractivity contribution in [3.8, 4) is 0 Å². The molecule has 8 unspecified atom stereocenters. The lowest BCUT2D eigenvalue weighted by Crippen LogP contribution is -2.82. The second-order valence-electron chi connectivity index (χ2n) is 14.0. The molecule has 2 N–H and O–H groups in total. The predicted molar refractivity (Wildman–Crippen MR) is 175 cm³/mol. The van der Waals surface area contributed by atoms with Crippen LogP contribution in [0, 0.1) is 16.7 Å². The second kappa shape index (κ2) is 13.2. The lowest BCUT2D eigenvalue weighted by Gasteiger charge is -2.67. The van der Waals surface area contributed by atoms with Crippen molar-refractivity contribution in [2.45, 2.75) is 99.9 Å². The number of hydrogen-bond acceptors (Lipinski definition) is 13. The first-order valence-electron chi connectivity index (χ1n) is 15.9. The van der Waals surface area contributed by atoms with Crippen LogP contribution in [0.2, 0.25) is 0 Å². The molecule has 16 heteroatoms. The minimum absolute atomic E-state index is 0.0606. The van der Waals surface area contributed by atoms with Crippen LogP contribution in [0.15, 0.2) is 41.5 Å². The summed E-state index contributed by atoms with van der Waals surface area (Å²) >= 11 is 17.3. The van der Waals surface area contributed by atoms with E-state index in [1.807, 2.05) is 0 Å². The van der Waals surface area contributed by atoms with Gasteiger partial charge in [-0.1, -0.05) is 66.8 Å². The van der Waals surface area contributed by atoms with Crippen molar-refractivity contribution < 1.29 is 62.6 Å². The quantitative estimate of drug-likeness (QED) is 0.183. The topological polar surface area (TPSA) is 181 Å². The highest BCUT2D eigenvalue weighted by Crippen LogP contribution is 2.64. The van der Waals surface area contributed by atoms with Crippen LogP contribution in [0.3, 0.4) is 0 Å². The molecular formula is C34H39Cl3O13. The molecule has 1 aromatic rings. The van der Waals surface area contributed by atoms with Crippen LogP contribution in [-0.4, -0.2) is 98.8 Å². The van der Waals surface area contributed by atoms with E-state index < -0.39 is 105 Å². The van der Waals surface area contributed by atoms with Crippen LogP contribution in [-0.2, 0) is 42.8 Å². The summed E-state index contributed by atoms with van der Waals surface area (Å²) in [5, 5.41) is 24.6. The van der Waals surface area contributed by atoms with Crippen LogP contribution in [0.25, 0.3) is 0 Å².